The fourth-order valence-electron chi connectivity index (χ4n) is 3.14. The zero-order chi connectivity index (χ0) is 21.6. The molecular formula is C24H20BrN3O2S. The van der Waals surface area contributed by atoms with E-state index >= 15 is 0 Å². The Morgan fingerprint density at radius 2 is 1.65 bits per heavy atom. The molecule has 1 N–H and O–H groups in total. The Morgan fingerprint density at radius 1 is 0.968 bits per heavy atom. The molecule has 0 radical (unpaired) electrons. The van der Waals surface area contributed by atoms with E-state index in [-0.39, 0.29) is 11.7 Å². The van der Waals surface area contributed by atoms with E-state index in [1.54, 1.807) is 7.11 Å². The van der Waals surface area contributed by atoms with Crippen molar-refractivity contribution < 1.29 is 9.53 Å². The van der Waals surface area contributed by atoms with Gasteiger partial charge in [-0.15, -0.1) is 0 Å². The van der Waals surface area contributed by atoms with Gasteiger partial charge in [-0.25, -0.2) is 9.97 Å². The van der Waals surface area contributed by atoms with E-state index in [4.69, 9.17) is 14.7 Å². The molecule has 0 aliphatic carbocycles. The number of halogens is 1. The Kier molecular flexibility index (Phi) is 6.84. The molecule has 1 heterocycles. The van der Waals surface area contributed by atoms with Gasteiger partial charge in [0.15, 0.2) is 0 Å². The maximum Gasteiger partial charge on any atom is 0.234 e. The van der Waals surface area contributed by atoms with Gasteiger partial charge in [0, 0.05) is 22.1 Å². The van der Waals surface area contributed by atoms with Crippen LogP contribution in [-0.2, 0) is 11.2 Å². The molecule has 1 aromatic heterocycles. The lowest BCUT2D eigenvalue weighted by Crippen LogP contribution is -2.14. The first kappa shape index (κ1) is 21.3. The van der Waals surface area contributed by atoms with E-state index in [0.717, 1.165) is 43.2 Å². The minimum atomic E-state index is -0.0921. The van der Waals surface area contributed by atoms with E-state index < -0.39 is 0 Å². The summed E-state index contributed by atoms with van der Waals surface area (Å²) in [6.07, 6.45) is 0.568. The number of rotatable bonds is 7. The molecule has 0 saturated carbocycles. The van der Waals surface area contributed by atoms with Crippen LogP contribution in [0.3, 0.4) is 0 Å². The molecule has 5 nitrogen and oxygen atoms in total. The summed E-state index contributed by atoms with van der Waals surface area (Å²) in [4.78, 5) is 22.1. The maximum absolute atomic E-state index is 12.5. The van der Waals surface area contributed by atoms with Gasteiger partial charge in [0.1, 0.15) is 10.8 Å². The van der Waals surface area contributed by atoms with Crippen LogP contribution in [0.4, 0.5) is 5.69 Å². The predicted molar refractivity (Wildman–Crippen MR) is 129 cm³/mol. The van der Waals surface area contributed by atoms with Gasteiger partial charge in [-0.3, -0.25) is 4.79 Å². The van der Waals surface area contributed by atoms with Gasteiger partial charge in [-0.2, -0.15) is 0 Å². The summed E-state index contributed by atoms with van der Waals surface area (Å²) in [5, 5.41) is 3.66. The lowest BCUT2D eigenvalue weighted by molar-refractivity contribution is -0.113. The average molecular weight is 494 g/mol. The quantitative estimate of drug-likeness (QED) is 0.333. The number of nitrogens with zero attached hydrogens (tertiary/aromatic N) is 2. The van der Waals surface area contributed by atoms with Gasteiger partial charge < -0.3 is 10.1 Å². The number of benzene rings is 3. The predicted octanol–water partition coefficient (Wildman–Crippen LogP) is 5.72. The normalized spacial score (nSPS) is 10.8. The first-order chi connectivity index (χ1) is 15.1. The van der Waals surface area contributed by atoms with Crippen molar-refractivity contribution in [3.8, 4) is 5.75 Å². The molecule has 0 bridgehead atoms. The molecular weight excluding hydrogens is 474 g/mol. The van der Waals surface area contributed by atoms with Crippen LogP contribution in [-0.4, -0.2) is 28.7 Å². The Labute approximate surface area is 193 Å². The number of aromatic nitrogens is 2. The van der Waals surface area contributed by atoms with Gasteiger partial charge in [-0.1, -0.05) is 58.0 Å². The number of fused-ring (bicyclic) bond motifs is 1. The monoisotopic (exact) mass is 493 g/mol. The first-order valence-electron chi connectivity index (χ1n) is 9.68. The molecule has 0 unspecified atom stereocenters. The topological polar surface area (TPSA) is 64.1 Å². The van der Waals surface area contributed by atoms with E-state index in [2.05, 4.69) is 21.2 Å². The second-order valence-corrected chi connectivity index (χ2v) is 8.68. The first-order valence-corrected chi connectivity index (χ1v) is 11.5. The minimum Gasteiger partial charge on any atom is -0.496 e. The third kappa shape index (κ3) is 5.42. The van der Waals surface area contributed by atoms with Crippen LogP contribution in [0.25, 0.3) is 11.0 Å². The molecule has 0 aliphatic heterocycles. The van der Waals surface area contributed by atoms with Crippen molar-refractivity contribution in [3.05, 3.63) is 88.5 Å². The maximum atomic E-state index is 12.5. The SMILES string of the molecule is COc1ccccc1Cc1nc2ccccc2nc1SCC(=O)Nc1ccc(Br)cc1. The second kappa shape index (κ2) is 9.94. The van der Waals surface area contributed by atoms with Gasteiger partial charge in [0.2, 0.25) is 5.91 Å². The highest BCUT2D eigenvalue weighted by molar-refractivity contribution is 9.10. The van der Waals surface area contributed by atoms with E-state index in [0.29, 0.717) is 6.42 Å². The van der Waals surface area contributed by atoms with E-state index in [1.807, 2.05) is 72.8 Å². The highest BCUT2D eigenvalue weighted by Crippen LogP contribution is 2.28. The standard InChI is InChI=1S/C24H20BrN3O2S/c1-30-22-9-5-2-6-16(22)14-21-24(28-20-8-4-3-7-19(20)27-21)31-15-23(29)26-18-12-10-17(25)11-13-18/h2-13H,14-15H2,1H3,(H,26,29). The van der Waals surface area contributed by atoms with Crippen LogP contribution >= 0.6 is 27.7 Å². The molecule has 0 aliphatic rings. The number of nitrogens with one attached hydrogen (secondary N) is 1. The van der Waals surface area contributed by atoms with Gasteiger partial charge >= 0.3 is 0 Å². The fraction of sp³-hybridized carbons (Fsp3) is 0.125. The molecule has 3 aromatic carbocycles. The Balaban J connectivity index is 1.57. The molecule has 4 rings (SSSR count). The zero-order valence-corrected chi connectivity index (χ0v) is 19.2. The molecule has 31 heavy (non-hydrogen) atoms. The lowest BCUT2D eigenvalue weighted by Gasteiger charge is -2.12. The fourth-order valence-corrected chi connectivity index (χ4v) is 4.20. The van der Waals surface area contributed by atoms with Crippen LogP contribution < -0.4 is 10.1 Å². The summed E-state index contributed by atoms with van der Waals surface area (Å²) in [5.41, 5.74) is 4.24. The van der Waals surface area contributed by atoms with Crippen molar-refractivity contribution in [1.29, 1.82) is 0 Å². The molecule has 156 valence electrons. The van der Waals surface area contributed by atoms with Gasteiger partial charge in [-0.05, 0) is 42.5 Å². The number of hydrogen-bond donors (Lipinski definition) is 1. The number of anilines is 1. The number of ether oxygens (including phenoxy) is 1. The summed E-state index contributed by atoms with van der Waals surface area (Å²) in [7, 11) is 1.66. The van der Waals surface area contributed by atoms with Crippen LogP contribution in [0, 0.1) is 0 Å². The molecule has 7 heteroatoms. The summed E-state index contributed by atoms with van der Waals surface area (Å²) in [6, 6.07) is 23.1. The number of carbonyl (C=O) groups excluding carboxylic acids is 1. The van der Waals surface area contributed by atoms with Crippen molar-refractivity contribution in [3.63, 3.8) is 0 Å². The largest absolute Gasteiger partial charge is 0.496 e. The summed E-state index contributed by atoms with van der Waals surface area (Å²) in [5.74, 6) is 0.953. The smallest absolute Gasteiger partial charge is 0.234 e. The molecule has 0 saturated heterocycles. The summed E-state index contributed by atoms with van der Waals surface area (Å²) >= 11 is 4.79. The number of amides is 1. The highest BCUT2D eigenvalue weighted by Gasteiger charge is 2.14. The summed E-state index contributed by atoms with van der Waals surface area (Å²) in [6.45, 7) is 0. The molecule has 0 fully saturated rings. The lowest BCUT2D eigenvalue weighted by atomic mass is 10.1. The van der Waals surface area contributed by atoms with Crippen molar-refractivity contribution >= 4 is 50.3 Å². The minimum absolute atomic E-state index is 0.0921. The van der Waals surface area contributed by atoms with Crippen LogP contribution in [0.1, 0.15) is 11.3 Å². The average Bonchev–Trinajstić information content (AvgIpc) is 2.79. The Morgan fingerprint density at radius 3 is 2.39 bits per heavy atom. The Hall–Kier alpha value is -2.90. The van der Waals surface area contributed by atoms with Crippen LogP contribution in [0.5, 0.6) is 5.75 Å². The molecule has 0 spiro atoms. The van der Waals surface area contributed by atoms with E-state index in [9.17, 15) is 4.79 Å². The third-order valence-corrected chi connectivity index (χ3v) is 6.16. The van der Waals surface area contributed by atoms with Crippen molar-refractivity contribution in [2.24, 2.45) is 0 Å². The molecule has 0 atom stereocenters. The summed E-state index contributed by atoms with van der Waals surface area (Å²) < 4.78 is 6.46. The number of methoxy groups -OCH3 is 1. The van der Waals surface area contributed by atoms with Crippen LogP contribution in [0.15, 0.2) is 82.3 Å². The highest BCUT2D eigenvalue weighted by atomic mass is 79.9. The number of thioether (sulfide) groups is 1. The number of para-hydroxylation sites is 3. The number of carbonyl (C=O) groups is 1. The van der Waals surface area contributed by atoms with Gasteiger partial charge in [0.05, 0.1) is 29.6 Å². The van der Waals surface area contributed by atoms with Crippen LogP contribution in [0.2, 0.25) is 0 Å². The Bertz CT molecular complexity index is 1220. The third-order valence-electron chi connectivity index (χ3n) is 4.62. The van der Waals surface area contributed by atoms with Crippen molar-refractivity contribution in [1.82, 2.24) is 9.97 Å². The van der Waals surface area contributed by atoms with Crippen molar-refractivity contribution in [2.75, 3.05) is 18.2 Å². The van der Waals surface area contributed by atoms with E-state index in [1.165, 1.54) is 11.8 Å². The molecule has 4 aromatic rings. The van der Waals surface area contributed by atoms with Crippen molar-refractivity contribution in [2.45, 2.75) is 11.4 Å². The van der Waals surface area contributed by atoms with Gasteiger partial charge in [0.25, 0.3) is 0 Å². The second-order valence-electron chi connectivity index (χ2n) is 6.80. The zero-order valence-electron chi connectivity index (χ0n) is 16.8. The number of hydrogen-bond acceptors (Lipinski definition) is 5. The molecule has 1 amide bonds.